The van der Waals surface area contributed by atoms with Crippen LogP contribution in [0.3, 0.4) is 0 Å². The molecule has 0 aliphatic carbocycles. The normalized spacial score (nSPS) is 12.4. The van der Waals surface area contributed by atoms with Crippen molar-refractivity contribution < 1.29 is 0 Å². The molecule has 1 atom stereocenters. The van der Waals surface area contributed by atoms with Crippen molar-refractivity contribution in [3.8, 4) is 0 Å². The van der Waals surface area contributed by atoms with Gasteiger partial charge >= 0.3 is 0 Å². The fourth-order valence-corrected chi connectivity index (χ4v) is 3.38. The summed E-state index contributed by atoms with van der Waals surface area (Å²) in [4.78, 5) is 0. The number of hydrogen-bond acceptors (Lipinski definition) is 1. The monoisotopic (exact) mass is 385 g/mol. The fourth-order valence-electron chi connectivity index (χ4n) is 2.38. The minimum atomic E-state index is 0.211. The molecule has 4 heteroatoms. The van der Waals surface area contributed by atoms with Crippen LogP contribution in [0.1, 0.15) is 29.7 Å². The van der Waals surface area contributed by atoms with E-state index in [2.05, 4.69) is 53.3 Å². The molecule has 2 rings (SSSR count). The summed E-state index contributed by atoms with van der Waals surface area (Å²) < 4.78 is 1.11. The van der Waals surface area contributed by atoms with Gasteiger partial charge < -0.3 is 5.32 Å². The lowest BCUT2D eigenvalue weighted by atomic mass is 9.97. The highest BCUT2D eigenvalue weighted by molar-refractivity contribution is 9.10. The topological polar surface area (TPSA) is 12.0 Å². The quantitative estimate of drug-likeness (QED) is 0.668. The van der Waals surface area contributed by atoms with Crippen molar-refractivity contribution in [1.82, 2.24) is 5.32 Å². The zero-order chi connectivity index (χ0) is 15.4. The SMILES string of the molecule is CCNC(Cc1ccc(Cl)cc1Cl)c1cc(C)ccc1Br. The van der Waals surface area contributed by atoms with Crippen molar-refractivity contribution in [2.45, 2.75) is 26.3 Å². The number of rotatable bonds is 5. The zero-order valence-corrected chi connectivity index (χ0v) is 15.2. The van der Waals surface area contributed by atoms with Crippen LogP contribution in [0, 0.1) is 6.92 Å². The molecule has 0 saturated heterocycles. The first-order valence-corrected chi connectivity index (χ1v) is 8.49. The molecule has 21 heavy (non-hydrogen) atoms. The summed E-state index contributed by atoms with van der Waals surface area (Å²) in [7, 11) is 0. The summed E-state index contributed by atoms with van der Waals surface area (Å²) in [5.41, 5.74) is 3.60. The smallest absolute Gasteiger partial charge is 0.0453 e. The molecular formula is C17H18BrCl2N. The van der Waals surface area contributed by atoms with Crippen LogP contribution in [-0.4, -0.2) is 6.54 Å². The second-order valence-corrected chi connectivity index (χ2v) is 6.77. The van der Waals surface area contributed by atoms with E-state index in [-0.39, 0.29) is 6.04 Å². The van der Waals surface area contributed by atoms with Gasteiger partial charge in [-0.2, -0.15) is 0 Å². The highest BCUT2D eigenvalue weighted by Crippen LogP contribution is 2.30. The molecule has 1 N–H and O–H groups in total. The van der Waals surface area contributed by atoms with E-state index in [4.69, 9.17) is 23.2 Å². The Bertz CT molecular complexity index is 628. The van der Waals surface area contributed by atoms with Crippen LogP contribution < -0.4 is 5.32 Å². The molecule has 0 spiro atoms. The Balaban J connectivity index is 2.32. The van der Waals surface area contributed by atoms with Crippen LogP contribution in [0.5, 0.6) is 0 Å². The highest BCUT2D eigenvalue weighted by Gasteiger charge is 2.16. The predicted molar refractivity (Wildman–Crippen MR) is 95.5 cm³/mol. The van der Waals surface area contributed by atoms with Gasteiger partial charge in [-0.05, 0) is 49.2 Å². The first-order valence-electron chi connectivity index (χ1n) is 6.94. The fraction of sp³-hybridized carbons (Fsp3) is 0.294. The number of halogens is 3. The molecule has 0 aliphatic rings. The van der Waals surface area contributed by atoms with Crippen LogP contribution in [0.15, 0.2) is 40.9 Å². The van der Waals surface area contributed by atoms with E-state index in [0.717, 1.165) is 23.0 Å². The minimum Gasteiger partial charge on any atom is -0.310 e. The summed E-state index contributed by atoms with van der Waals surface area (Å²) in [5.74, 6) is 0. The van der Waals surface area contributed by atoms with E-state index in [1.54, 1.807) is 6.07 Å². The second kappa shape index (κ2) is 7.64. The summed E-state index contributed by atoms with van der Waals surface area (Å²) in [6.07, 6.45) is 0.825. The number of nitrogens with one attached hydrogen (secondary N) is 1. The molecule has 0 aromatic heterocycles. The second-order valence-electron chi connectivity index (χ2n) is 5.08. The van der Waals surface area contributed by atoms with Crippen molar-refractivity contribution in [1.29, 1.82) is 0 Å². The maximum atomic E-state index is 6.31. The van der Waals surface area contributed by atoms with Crippen molar-refractivity contribution in [2.24, 2.45) is 0 Å². The Kier molecular flexibility index (Phi) is 6.12. The van der Waals surface area contributed by atoms with Crippen LogP contribution in [0.2, 0.25) is 10.0 Å². The molecule has 0 radical (unpaired) electrons. The van der Waals surface area contributed by atoms with Crippen molar-refractivity contribution in [2.75, 3.05) is 6.54 Å². The van der Waals surface area contributed by atoms with E-state index in [0.29, 0.717) is 10.0 Å². The van der Waals surface area contributed by atoms with Gasteiger partial charge in [-0.1, -0.05) is 69.8 Å². The van der Waals surface area contributed by atoms with E-state index in [1.807, 2.05) is 12.1 Å². The summed E-state index contributed by atoms with van der Waals surface area (Å²) in [6.45, 7) is 5.12. The number of aryl methyl sites for hydroxylation is 1. The van der Waals surface area contributed by atoms with Gasteiger partial charge in [0.1, 0.15) is 0 Å². The molecule has 0 amide bonds. The highest BCUT2D eigenvalue weighted by atomic mass is 79.9. The first kappa shape index (κ1) is 16.8. The van der Waals surface area contributed by atoms with E-state index >= 15 is 0 Å². The van der Waals surface area contributed by atoms with Crippen LogP contribution in [0.25, 0.3) is 0 Å². The first-order chi connectivity index (χ1) is 10.0. The molecular weight excluding hydrogens is 369 g/mol. The lowest BCUT2D eigenvalue weighted by molar-refractivity contribution is 0.547. The number of hydrogen-bond donors (Lipinski definition) is 1. The Morgan fingerprint density at radius 3 is 2.57 bits per heavy atom. The largest absolute Gasteiger partial charge is 0.310 e. The average molecular weight is 387 g/mol. The molecule has 0 bridgehead atoms. The maximum absolute atomic E-state index is 6.31. The molecule has 0 aliphatic heterocycles. The molecule has 1 unspecified atom stereocenters. The molecule has 0 heterocycles. The predicted octanol–water partition coefficient (Wildman–Crippen LogP) is 5.96. The van der Waals surface area contributed by atoms with Gasteiger partial charge in [0.2, 0.25) is 0 Å². The van der Waals surface area contributed by atoms with E-state index < -0.39 is 0 Å². The average Bonchev–Trinajstić information content (AvgIpc) is 2.44. The number of likely N-dealkylation sites (N-methyl/N-ethyl adjacent to an activating group) is 1. The van der Waals surface area contributed by atoms with Gasteiger partial charge in [0, 0.05) is 20.6 Å². The Morgan fingerprint density at radius 1 is 1.14 bits per heavy atom. The summed E-state index contributed by atoms with van der Waals surface area (Å²) in [5, 5.41) is 4.92. The molecule has 0 saturated carbocycles. The molecule has 2 aromatic carbocycles. The zero-order valence-electron chi connectivity index (χ0n) is 12.1. The lowest BCUT2D eigenvalue weighted by Crippen LogP contribution is -2.23. The Hall–Kier alpha value is -0.540. The Morgan fingerprint density at radius 2 is 1.90 bits per heavy atom. The maximum Gasteiger partial charge on any atom is 0.0453 e. The van der Waals surface area contributed by atoms with E-state index in [9.17, 15) is 0 Å². The standard InChI is InChI=1S/C17H18BrCl2N/c1-3-21-17(14-8-11(2)4-7-15(14)18)9-12-5-6-13(19)10-16(12)20/h4-8,10,17,21H,3,9H2,1-2H3. The minimum absolute atomic E-state index is 0.211. The van der Waals surface area contributed by atoms with Crippen LogP contribution in [-0.2, 0) is 6.42 Å². The van der Waals surface area contributed by atoms with Crippen molar-refractivity contribution in [3.63, 3.8) is 0 Å². The van der Waals surface area contributed by atoms with Crippen LogP contribution >= 0.6 is 39.1 Å². The molecule has 2 aromatic rings. The molecule has 1 nitrogen and oxygen atoms in total. The van der Waals surface area contributed by atoms with Crippen molar-refractivity contribution >= 4 is 39.1 Å². The van der Waals surface area contributed by atoms with Gasteiger partial charge in [0.15, 0.2) is 0 Å². The Labute approximate surface area is 144 Å². The summed E-state index contributed by atoms with van der Waals surface area (Å²) in [6, 6.07) is 12.3. The third-order valence-corrected chi connectivity index (χ3v) is 4.73. The number of benzene rings is 2. The molecule has 112 valence electrons. The van der Waals surface area contributed by atoms with E-state index in [1.165, 1.54) is 11.1 Å². The summed E-state index contributed by atoms with van der Waals surface area (Å²) >= 11 is 15.9. The lowest BCUT2D eigenvalue weighted by Gasteiger charge is -2.21. The van der Waals surface area contributed by atoms with Gasteiger partial charge in [0.05, 0.1) is 0 Å². The van der Waals surface area contributed by atoms with Gasteiger partial charge in [-0.15, -0.1) is 0 Å². The third-order valence-electron chi connectivity index (χ3n) is 3.42. The van der Waals surface area contributed by atoms with Gasteiger partial charge in [-0.3, -0.25) is 0 Å². The van der Waals surface area contributed by atoms with Gasteiger partial charge in [-0.25, -0.2) is 0 Å². The van der Waals surface area contributed by atoms with Gasteiger partial charge in [0.25, 0.3) is 0 Å². The molecule has 0 fully saturated rings. The van der Waals surface area contributed by atoms with Crippen molar-refractivity contribution in [3.05, 3.63) is 67.6 Å². The van der Waals surface area contributed by atoms with Crippen LogP contribution in [0.4, 0.5) is 0 Å². The third kappa shape index (κ3) is 4.46.